The van der Waals surface area contributed by atoms with E-state index in [4.69, 9.17) is 9.97 Å². The molecule has 0 unspecified atom stereocenters. The minimum atomic E-state index is -1.11. The molecule has 1 aliphatic carbocycles. The zero-order valence-electron chi connectivity index (χ0n) is 28.1. The van der Waals surface area contributed by atoms with Crippen molar-refractivity contribution in [1.29, 1.82) is 0 Å². The standard InChI is InChI=1S/C43H33N5O3S/c49-41(47-42-39(43(50)51)33(25-52-42)27-13-17-34-28(22-27)10-7-21-44-34)31-16-20-38-37(24-31)46-40(48(38)32-11-5-2-6-12-32)30-15-19-36-29(23-30)14-18-35(45-36)26-8-3-1-4-9-26/h1,3-4,7-10,13-25,32H,2,5-6,11-12H2,(H,47,49)(H,50,51). The van der Waals surface area contributed by atoms with E-state index in [-0.39, 0.29) is 16.5 Å². The van der Waals surface area contributed by atoms with Crippen molar-refractivity contribution in [3.8, 4) is 33.8 Å². The van der Waals surface area contributed by atoms with Gasteiger partial charge in [-0.05, 0) is 79.1 Å². The molecule has 1 fully saturated rings. The van der Waals surface area contributed by atoms with E-state index >= 15 is 0 Å². The molecule has 52 heavy (non-hydrogen) atoms. The number of aromatic carboxylic acids is 1. The van der Waals surface area contributed by atoms with Gasteiger partial charge in [-0.25, -0.2) is 14.8 Å². The predicted molar refractivity (Wildman–Crippen MR) is 208 cm³/mol. The second-order valence-corrected chi connectivity index (χ2v) is 14.2. The molecule has 0 aliphatic heterocycles. The third kappa shape index (κ3) is 5.78. The zero-order valence-corrected chi connectivity index (χ0v) is 28.9. The minimum Gasteiger partial charge on any atom is -0.478 e. The molecular weight excluding hydrogens is 667 g/mol. The number of amides is 1. The van der Waals surface area contributed by atoms with Gasteiger partial charge in [0.15, 0.2) is 0 Å². The van der Waals surface area contributed by atoms with Crippen molar-refractivity contribution >= 4 is 61.1 Å². The highest BCUT2D eigenvalue weighted by Gasteiger charge is 2.25. The molecule has 1 aliphatic rings. The normalized spacial score (nSPS) is 13.5. The molecule has 0 radical (unpaired) electrons. The summed E-state index contributed by atoms with van der Waals surface area (Å²) in [7, 11) is 0. The number of nitrogens with one attached hydrogen (secondary N) is 1. The predicted octanol–water partition coefficient (Wildman–Crippen LogP) is 10.7. The highest BCUT2D eigenvalue weighted by molar-refractivity contribution is 7.15. The van der Waals surface area contributed by atoms with Crippen LogP contribution in [0.5, 0.6) is 0 Å². The number of carbonyl (C=O) groups is 2. The Morgan fingerprint density at radius 1 is 0.731 bits per heavy atom. The smallest absolute Gasteiger partial charge is 0.339 e. The third-order valence-corrected chi connectivity index (χ3v) is 10.9. The summed E-state index contributed by atoms with van der Waals surface area (Å²) < 4.78 is 2.36. The van der Waals surface area contributed by atoms with E-state index in [1.165, 1.54) is 30.6 Å². The second-order valence-electron chi connectivity index (χ2n) is 13.3. The van der Waals surface area contributed by atoms with Crippen LogP contribution in [0.15, 0.2) is 121 Å². The number of nitrogens with zero attached hydrogens (tertiary/aromatic N) is 4. The van der Waals surface area contributed by atoms with Crippen molar-refractivity contribution < 1.29 is 14.7 Å². The largest absolute Gasteiger partial charge is 0.478 e. The lowest BCUT2D eigenvalue weighted by molar-refractivity contribution is 0.0699. The topological polar surface area (TPSA) is 110 Å². The first kappa shape index (κ1) is 31.8. The number of pyridine rings is 2. The second kappa shape index (κ2) is 13.2. The lowest BCUT2D eigenvalue weighted by Gasteiger charge is -2.25. The van der Waals surface area contributed by atoms with Gasteiger partial charge < -0.3 is 15.0 Å². The zero-order chi connectivity index (χ0) is 35.2. The van der Waals surface area contributed by atoms with Crippen LogP contribution >= 0.6 is 11.3 Å². The Morgan fingerprint density at radius 3 is 2.37 bits per heavy atom. The van der Waals surface area contributed by atoms with Gasteiger partial charge in [-0.15, -0.1) is 11.3 Å². The summed E-state index contributed by atoms with van der Waals surface area (Å²) in [6, 6.07) is 36.0. The maximum atomic E-state index is 13.7. The van der Waals surface area contributed by atoms with Gasteiger partial charge in [0, 0.05) is 50.6 Å². The Labute approximate surface area is 303 Å². The first-order valence-electron chi connectivity index (χ1n) is 17.5. The summed E-state index contributed by atoms with van der Waals surface area (Å²) in [6.45, 7) is 0. The summed E-state index contributed by atoms with van der Waals surface area (Å²) >= 11 is 1.20. The average molecular weight is 700 g/mol. The number of carboxylic acids is 1. The molecule has 2 N–H and O–H groups in total. The molecule has 4 heterocycles. The van der Waals surface area contributed by atoms with Crippen LogP contribution in [-0.2, 0) is 0 Å². The quantitative estimate of drug-likeness (QED) is 0.171. The Bertz CT molecular complexity index is 2660. The van der Waals surface area contributed by atoms with Crippen LogP contribution in [0.3, 0.4) is 0 Å². The molecule has 8 nitrogen and oxygen atoms in total. The van der Waals surface area contributed by atoms with Gasteiger partial charge in [0.1, 0.15) is 16.4 Å². The fraction of sp³-hybridized carbons (Fsp3) is 0.140. The molecule has 254 valence electrons. The SMILES string of the molecule is O=C(Nc1scc(-c2ccc3ncccc3c2)c1C(=O)O)c1ccc2c(c1)nc(-c1ccc3nc(-c4ccccc4)ccc3c1)n2C1CCCCC1. The molecule has 4 aromatic carbocycles. The first-order chi connectivity index (χ1) is 25.5. The molecule has 8 aromatic rings. The lowest BCUT2D eigenvalue weighted by Crippen LogP contribution is -2.14. The van der Waals surface area contributed by atoms with E-state index in [0.29, 0.717) is 17.2 Å². The molecule has 0 bridgehead atoms. The van der Waals surface area contributed by atoms with Gasteiger partial charge in [0.05, 0.1) is 27.8 Å². The van der Waals surface area contributed by atoms with Gasteiger partial charge in [-0.2, -0.15) is 0 Å². The van der Waals surface area contributed by atoms with Crippen LogP contribution in [0.2, 0.25) is 0 Å². The minimum absolute atomic E-state index is 0.0632. The summed E-state index contributed by atoms with van der Waals surface area (Å²) in [6.07, 6.45) is 7.43. The molecule has 0 spiro atoms. The summed E-state index contributed by atoms with van der Waals surface area (Å²) in [5.41, 5.74) is 8.22. The van der Waals surface area contributed by atoms with Crippen molar-refractivity contribution in [2.24, 2.45) is 0 Å². The Hall–Kier alpha value is -6.19. The highest BCUT2D eigenvalue weighted by Crippen LogP contribution is 2.39. The van der Waals surface area contributed by atoms with Crippen molar-refractivity contribution in [2.45, 2.75) is 38.1 Å². The van der Waals surface area contributed by atoms with Crippen LogP contribution in [0.25, 0.3) is 66.6 Å². The van der Waals surface area contributed by atoms with Crippen LogP contribution in [0, 0.1) is 0 Å². The van der Waals surface area contributed by atoms with Crippen molar-refractivity contribution in [2.75, 3.05) is 5.32 Å². The van der Waals surface area contributed by atoms with Crippen LogP contribution in [0.1, 0.15) is 58.9 Å². The van der Waals surface area contributed by atoms with E-state index in [2.05, 4.69) is 57.3 Å². The maximum Gasteiger partial charge on any atom is 0.339 e. The number of rotatable bonds is 7. The van der Waals surface area contributed by atoms with Gasteiger partial charge >= 0.3 is 5.97 Å². The number of anilines is 1. The monoisotopic (exact) mass is 699 g/mol. The fourth-order valence-corrected chi connectivity index (χ4v) is 8.44. The van der Waals surface area contributed by atoms with E-state index < -0.39 is 5.97 Å². The number of benzene rings is 4. The van der Waals surface area contributed by atoms with Crippen molar-refractivity contribution in [3.05, 3.63) is 132 Å². The molecule has 1 saturated carbocycles. The maximum absolute atomic E-state index is 13.7. The van der Waals surface area contributed by atoms with Gasteiger partial charge in [0.25, 0.3) is 5.91 Å². The average Bonchev–Trinajstić information content (AvgIpc) is 3.80. The molecule has 1 amide bonds. The Balaban J connectivity index is 1.06. The molecular formula is C43H33N5O3S. The van der Waals surface area contributed by atoms with Crippen molar-refractivity contribution in [1.82, 2.24) is 19.5 Å². The van der Waals surface area contributed by atoms with Gasteiger partial charge in [-0.1, -0.05) is 67.8 Å². The Kier molecular flexibility index (Phi) is 8.05. The van der Waals surface area contributed by atoms with E-state index in [0.717, 1.165) is 73.9 Å². The number of carboxylic acid groups (broad SMARTS) is 1. The molecule has 0 saturated heterocycles. The highest BCUT2D eigenvalue weighted by atomic mass is 32.1. The first-order valence-corrected chi connectivity index (χ1v) is 18.4. The number of hydrogen-bond acceptors (Lipinski definition) is 6. The van der Waals surface area contributed by atoms with E-state index in [1.54, 1.807) is 11.6 Å². The summed E-state index contributed by atoms with van der Waals surface area (Å²) in [5, 5.41) is 17.2. The molecule has 4 aromatic heterocycles. The fourth-order valence-electron chi connectivity index (χ4n) is 7.48. The number of carbonyl (C=O) groups excluding carboxylic acids is 1. The summed E-state index contributed by atoms with van der Waals surface area (Å²) in [4.78, 5) is 40.8. The molecule has 9 heteroatoms. The number of fused-ring (bicyclic) bond motifs is 3. The lowest BCUT2D eigenvalue weighted by atomic mass is 9.94. The summed E-state index contributed by atoms with van der Waals surface area (Å²) in [5.74, 6) is -0.624. The number of aromatic nitrogens is 4. The number of hydrogen-bond donors (Lipinski definition) is 2. The van der Waals surface area contributed by atoms with Crippen molar-refractivity contribution in [3.63, 3.8) is 0 Å². The number of thiophene rings is 1. The van der Waals surface area contributed by atoms with Crippen LogP contribution in [0.4, 0.5) is 5.00 Å². The van der Waals surface area contributed by atoms with E-state index in [1.807, 2.05) is 66.7 Å². The number of imidazole rings is 1. The van der Waals surface area contributed by atoms with Crippen LogP contribution in [-0.4, -0.2) is 36.5 Å². The molecule has 0 atom stereocenters. The Morgan fingerprint density at radius 2 is 1.52 bits per heavy atom. The van der Waals surface area contributed by atoms with Gasteiger partial charge in [-0.3, -0.25) is 9.78 Å². The van der Waals surface area contributed by atoms with Gasteiger partial charge in [0.2, 0.25) is 0 Å². The van der Waals surface area contributed by atoms with E-state index in [9.17, 15) is 14.7 Å². The third-order valence-electron chi connectivity index (χ3n) is 10.1. The van der Waals surface area contributed by atoms with Crippen LogP contribution < -0.4 is 5.32 Å². The molecule has 9 rings (SSSR count).